The van der Waals surface area contributed by atoms with Crippen molar-refractivity contribution in [2.24, 2.45) is 0 Å². The summed E-state index contributed by atoms with van der Waals surface area (Å²) < 4.78 is 16.4. The van der Waals surface area contributed by atoms with E-state index in [4.69, 9.17) is 19.5 Å². The number of esters is 1. The Bertz CT molecular complexity index is 924. The van der Waals surface area contributed by atoms with Gasteiger partial charge in [0.2, 0.25) is 5.78 Å². The molecule has 0 saturated heterocycles. The van der Waals surface area contributed by atoms with Crippen LogP contribution >= 0.6 is 0 Å². The Morgan fingerprint density at radius 2 is 1.89 bits per heavy atom. The molecule has 0 fully saturated rings. The van der Waals surface area contributed by atoms with E-state index < -0.39 is 12.1 Å². The van der Waals surface area contributed by atoms with Crippen molar-refractivity contribution in [2.45, 2.75) is 40.7 Å². The molecular formula is C21H24N2O5. The monoisotopic (exact) mass is 384 g/mol. The third-order valence-corrected chi connectivity index (χ3v) is 4.21. The molecular weight excluding hydrogens is 360 g/mol. The van der Waals surface area contributed by atoms with Crippen LogP contribution in [0.2, 0.25) is 0 Å². The first kappa shape index (κ1) is 21.0. The van der Waals surface area contributed by atoms with Crippen molar-refractivity contribution in [3.8, 4) is 17.6 Å². The molecule has 1 heterocycles. The Morgan fingerprint density at radius 1 is 1.18 bits per heavy atom. The highest BCUT2D eigenvalue weighted by Gasteiger charge is 2.27. The van der Waals surface area contributed by atoms with Crippen LogP contribution in [0.25, 0.3) is 0 Å². The molecule has 1 N–H and O–H groups in total. The Labute approximate surface area is 164 Å². The maximum atomic E-state index is 12.9. The van der Waals surface area contributed by atoms with Gasteiger partial charge in [0.1, 0.15) is 0 Å². The van der Waals surface area contributed by atoms with Crippen molar-refractivity contribution in [2.75, 3.05) is 13.2 Å². The summed E-state index contributed by atoms with van der Waals surface area (Å²) in [6, 6.07) is 6.81. The minimum atomic E-state index is -0.834. The van der Waals surface area contributed by atoms with Crippen LogP contribution in [0.5, 0.6) is 11.5 Å². The fraction of sp³-hybridized carbons (Fsp3) is 0.381. The number of ether oxygens (including phenoxy) is 3. The molecule has 2 aromatic rings. The molecule has 0 amide bonds. The predicted molar refractivity (Wildman–Crippen MR) is 103 cm³/mol. The highest BCUT2D eigenvalue weighted by molar-refractivity contribution is 6.03. The molecule has 148 valence electrons. The number of Topliss-reactive ketones (excluding diaryl/α,β-unsaturated/α-hetero) is 1. The van der Waals surface area contributed by atoms with Gasteiger partial charge in [-0.1, -0.05) is 0 Å². The van der Waals surface area contributed by atoms with E-state index in [-0.39, 0.29) is 12.4 Å². The molecule has 7 nitrogen and oxygen atoms in total. The number of hydrogen-bond donors (Lipinski definition) is 1. The van der Waals surface area contributed by atoms with Gasteiger partial charge in [-0.05, 0) is 52.3 Å². The van der Waals surface area contributed by atoms with E-state index in [2.05, 4.69) is 4.98 Å². The number of nitrogens with zero attached hydrogens (tertiary/aromatic N) is 1. The first-order valence-corrected chi connectivity index (χ1v) is 9.08. The maximum Gasteiger partial charge on any atom is 0.340 e. The summed E-state index contributed by atoms with van der Waals surface area (Å²) in [7, 11) is 0. The highest BCUT2D eigenvalue weighted by atomic mass is 16.5. The lowest BCUT2D eigenvalue weighted by Crippen LogP contribution is -2.25. The third-order valence-electron chi connectivity index (χ3n) is 4.21. The molecule has 1 aromatic heterocycles. The number of nitriles is 1. The quantitative estimate of drug-likeness (QED) is 0.550. The van der Waals surface area contributed by atoms with Crippen molar-refractivity contribution >= 4 is 11.8 Å². The minimum Gasteiger partial charge on any atom is -0.490 e. The summed E-state index contributed by atoms with van der Waals surface area (Å²) in [5, 5.41) is 9.04. The summed E-state index contributed by atoms with van der Waals surface area (Å²) in [5.74, 6) is -0.00361. The zero-order chi connectivity index (χ0) is 20.8. The van der Waals surface area contributed by atoms with Gasteiger partial charge in [-0.25, -0.2) is 4.79 Å². The molecule has 2 rings (SSSR count). The van der Waals surface area contributed by atoms with Crippen LogP contribution < -0.4 is 9.47 Å². The van der Waals surface area contributed by atoms with Crippen molar-refractivity contribution in [1.29, 1.82) is 5.26 Å². The molecule has 0 radical (unpaired) electrons. The zero-order valence-electron chi connectivity index (χ0n) is 16.7. The van der Waals surface area contributed by atoms with E-state index in [9.17, 15) is 9.59 Å². The fourth-order valence-electron chi connectivity index (χ4n) is 2.90. The number of aromatic amines is 1. The van der Waals surface area contributed by atoms with Crippen molar-refractivity contribution in [3.63, 3.8) is 0 Å². The van der Waals surface area contributed by atoms with Gasteiger partial charge in [0.25, 0.3) is 0 Å². The Balaban J connectivity index is 2.28. The topological polar surface area (TPSA) is 101 Å². The van der Waals surface area contributed by atoms with E-state index in [0.29, 0.717) is 46.2 Å². The van der Waals surface area contributed by atoms with Crippen LogP contribution in [-0.2, 0) is 4.74 Å². The van der Waals surface area contributed by atoms with Gasteiger partial charge >= 0.3 is 5.97 Å². The van der Waals surface area contributed by atoms with E-state index in [1.807, 2.05) is 13.0 Å². The van der Waals surface area contributed by atoms with Crippen LogP contribution in [0.1, 0.15) is 58.4 Å². The summed E-state index contributed by atoms with van der Waals surface area (Å²) in [4.78, 5) is 28.0. The normalized spacial score (nSPS) is 11.4. The molecule has 7 heteroatoms. The van der Waals surface area contributed by atoms with E-state index >= 15 is 0 Å². The zero-order valence-corrected chi connectivity index (χ0v) is 16.7. The van der Waals surface area contributed by atoms with Gasteiger partial charge in [-0.2, -0.15) is 5.26 Å². The van der Waals surface area contributed by atoms with E-state index in [0.717, 1.165) is 0 Å². The highest BCUT2D eigenvalue weighted by Crippen LogP contribution is 2.30. The second-order valence-electron chi connectivity index (χ2n) is 6.18. The summed E-state index contributed by atoms with van der Waals surface area (Å²) in [6.45, 7) is 9.23. The molecule has 0 aliphatic rings. The minimum absolute atomic E-state index is 0.255. The molecule has 1 aromatic carbocycles. The largest absolute Gasteiger partial charge is 0.490 e. The number of carbonyl (C=O) groups is 2. The molecule has 0 saturated carbocycles. The number of carbonyl (C=O) groups excluding carboxylic acids is 2. The number of nitrogens with one attached hydrogen (secondary N) is 1. The number of aryl methyl sites for hydroxylation is 1. The molecule has 28 heavy (non-hydrogen) atoms. The second kappa shape index (κ2) is 9.09. The number of benzene rings is 1. The van der Waals surface area contributed by atoms with Crippen LogP contribution in [0, 0.1) is 25.2 Å². The fourth-order valence-corrected chi connectivity index (χ4v) is 2.90. The first-order valence-electron chi connectivity index (χ1n) is 9.08. The third kappa shape index (κ3) is 4.34. The summed E-state index contributed by atoms with van der Waals surface area (Å²) >= 11 is 0. The standard InChI is InChI=1S/C21H24N2O5/c1-6-26-17-10-15(11-22)8-9-16(17)28-14(5)20(24)19-12(3)18(13(4)23-19)21(25)27-7-2/h8-10,14,23H,6-7H2,1-5H3/t14-/m0/s1. The van der Waals surface area contributed by atoms with Crippen LogP contribution in [0.4, 0.5) is 0 Å². The van der Waals surface area contributed by atoms with Gasteiger partial charge in [0.05, 0.1) is 36.1 Å². The van der Waals surface area contributed by atoms with Gasteiger partial charge in [0.15, 0.2) is 17.6 Å². The number of H-pyrrole nitrogens is 1. The van der Waals surface area contributed by atoms with Crippen molar-refractivity contribution in [1.82, 2.24) is 4.98 Å². The van der Waals surface area contributed by atoms with Gasteiger partial charge in [0, 0.05) is 11.8 Å². The summed E-state index contributed by atoms with van der Waals surface area (Å²) in [5.41, 5.74) is 2.20. The average molecular weight is 384 g/mol. The first-order chi connectivity index (χ1) is 13.3. The van der Waals surface area contributed by atoms with E-state index in [1.54, 1.807) is 45.9 Å². The van der Waals surface area contributed by atoms with Gasteiger partial charge in [-0.15, -0.1) is 0 Å². The number of aromatic nitrogens is 1. The van der Waals surface area contributed by atoms with Gasteiger partial charge in [-0.3, -0.25) is 4.79 Å². The van der Waals surface area contributed by atoms with Gasteiger partial charge < -0.3 is 19.2 Å². The van der Waals surface area contributed by atoms with Crippen LogP contribution in [-0.4, -0.2) is 36.1 Å². The Kier molecular flexibility index (Phi) is 6.83. The molecule has 0 aliphatic heterocycles. The van der Waals surface area contributed by atoms with E-state index in [1.165, 1.54) is 0 Å². The average Bonchev–Trinajstić information content (AvgIpc) is 2.97. The number of rotatable bonds is 8. The maximum absolute atomic E-state index is 12.9. The van der Waals surface area contributed by atoms with Crippen LogP contribution in [0.3, 0.4) is 0 Å². The number of hydrogen-bond acceptors (Lipinski definition) is 6. The van der Waals surface area contributed by atoms with Crippen LogP contribution in [0.15, 0.2) is 18.2 Å². The lowest BCUT2D eigenvalue weighted by atomic mass is 10.1. The molecule has 0 unspecified atom stereocenters. The molecule has 1 atom stereocenters. The lowest BCUT2D eigenvalue weighted by Gasteiger charge is -2.17. The Morgan fingerprint density at radius 3 is 2.50 bits per heavy atom. The molecule has 0 spiro atoms. The molecule has 0 bridgehead atoms. The SMILES string of the molecule is CCOC(=O)c1c(C)[nH]c(C(=O)[C@H](C)Oc2ccc(C#N)cc2OCC)c1C. The second-order valence-corrected chi connectivity index (χ2v) is 6.18. The van der Waals surface area contributed by atoms with Crippen molar-refractivity contribution in [3.05, 3.63) is 46.3 Å². The lowest BCUT2D eigenvalue weighted by molar-refractivity contribution is 0.0525. The number of ketones is 1. The Hall–Kier alpha value is -3.27. The predicted octanol–water partition coefficient (Wildman–Crippen LogP) is 3.73. The smallest absolute Gasteiger partial charge is 0.340 e. The van der Waals surface area contributed by atoms with Crippen molar-refractivity contribution < 1.29 is 23.8 Å². The molecule has 0 aliphatic carbocycles. The summed E-state index contributed by atoms with van der Waals surface area (Å²) in [6.07, 6.45) is -0.834.